The number of carboxylic acids is 2. The van der Waals surface area contributed by atoms with Crippen LogP contribution in [-0.2, 0) is 27.5 Å². The summed E-state index contributed by atoms with van der Waals surface area (Å²) >= 11 is 7.35. The van der Waals surface area contributed by atoms with Gasteiger partial charge in [-0.05, 0) is 12.1 Å². The maximum Gasteiger partial charge on any atom is 0.306 e. The highest BCUT2D eigenvalue weighted by molar-refractivity contribution is 7.20. The van der Waals surface area contributed by atoms with Gasteiger partial charge in [0.2, 0.25) is 5.91 Å². The number of hydrogen-bond acceptors (Lipinski definition) is 9. The maximum absolute atomic E-state index is 15.4. The molecule has 0 spiro atoms. The van der Waals surface area contributed by atoms with Crippen LogP contribution in [0.15, 0.2) is 12.1 Å². The lowest BCUT2D eigenvalue weighted by atomic mass is 10.0. The zero-order valence-corrected chi connectivity index (χ0v) is 26.0. The molecule has 2 atom stereocenters. The molecule has 4 rings (SSSR count). The summed E-state index contributed by atoms with van der Waals surface area (Å²) < 4.78 is 46.8. The number of aromatic hydroxyl groups is 1. The lowest BCUT2D eigenvalue weighted by Crippen LogP contribution is -2.28. The number of methoxy groups -OCH3 is 1. The molecule has 15 heteroatoms. The van der Waals surface area contributed by atoms with Crippen LogP contribution in [0.1, 0.15) is 53.9 Å². The summed E-state index contributed by atoms with van der Waals surface area (Å²) in [6.07, 6.45) is -0.340. The van der Waals surface area contributed by atoms with Crippen molar-refractivity contribution >= 4 is 56.7 Å². The predicted octanol–water partition coefficient (Wildman–Crippen LogP) is 5.64. The van der Waals surface area contributed by atoms with Crippen LogP contribution < -0.4 is 14.2 Å². The van der Waals surface area contributed by atoms with E-state index in [0.717, 1.165) is 11.3 Å². The Hall–Kier alpha value is -4.17. The quantitative estimate of drug-likeness (QED) is 0.145. The molecule has 0 saturated heterocycles. The number of phenols is 1. The van der Waals surface area contributed by atoms with Crippen molar-refractivity contribution in [3.8, 4) is 23.0 Å². The number of thiophene rings is 1. The fourth-order valence-corrected chi connectivity index (χ4v) is 6.05. The number of halogens is 3. The number of fused-ring (bicyclic) bond motifs is 2. The molecule has 0 radical (unpaired) electrons. The highest BCUT2D eigenvalue weighted by Gasteiger charge is 2.34. The highest BCUT2D eigenvalue weighted by Crippen LogP contribution is 2.46. The monoisotopic (exact) mass is 669 g/mol. The molecule has 0 bridgehead atoms. The van der Waals surface area contributed by atoms with E-state index in [9.17, 15) is 28.7 Å². The van der Waals surface area contributed by atoms with Crippen molar-refractivity contribution in [3.63, 3.8) is 0 Å². The minimum Gasteiger partial charge on any atom is -0.502 e. The number of amides is 1. The first kappa shape index (κ1) is 33.7. The van der Waals surface area contributed by atoms with E-state index < -0.39 is 52.8 Å². The Morgan fingerprint density at radius 3 is 2.22 bits per heavy atom. The van der Waals surface area contributed by atoms with E-state index in [4.69, 9.17) is 36.0 Å². The predicted molar refractivity (Wildman–Crippen MR) is 158 cm³/mol. The average molecular weight is 670 g/mol. The second kappa shape index (κ2) is 13.9. The van der Waals surface area contributed by atoms with E-state index in [2.05, 4.69) is 0 Å². The Labute approximate surface area is 264 Å². The Kier molecular flexibility index (Phi) is 10.4. The highest BCUT2D eigenvalue weighted by atomic mass is 35.5. The normalized spacial score (nSPS) is 13.8. The third-order valence-electron chi connectivity index (χ3n) is 7.32. The number of benzene rings is 2. The molecule has 0 saturated carbocycles. The van der Waals surface area contributed by atoms with Crippen molar-refractivity contribution in [2.24, 2.45) is 11.8 Å². The average Bonchev–Trinajstić information content (AvgIpc) is 3.63. The Balaban J connectivity index is 1.41. The largest absolute Gasteiger partial charge is 0.502 e. The molecule has 11 nitrogen and oxygen atoms in total. The van der Waals surface area contributed by atoms with E-state index in [0.29, 0.717) is 10.9 Å². The summed E-state index contributed by atoms with van der Waals surface area (Å²) in [6.45, 7) is 2.52. The van der Waals surface area contributed by atoms with Gasteiger partial charge in [0.25, 0.3) is 0 Å². The molecule has 1 aromatic heterocycles. The van der Waals surface area contributed by atoms with Gasteiger partial charge in [-0.25, -0.2) is 8.78 Å². The van der Waals surface area contributed by atoms with Gasteiger partial charge in [0.05, 0.1) is 46.8 Å². The Morgan fingerprint density at radius 2 is 1.58 bits per heavy atom. The molecule has 1 aliphatic heterocycles. The van der Waals surface area contributed by atoms with Crippen LogP contribution in [0.5, 0.6) is 23.0 Å². The number of carbonyl (C=O) groups is 4. The lowest BCUT2D eigenvalue weighted by Gasteiger charge is -2.17. The molecule has 242 valence electrons. The van der Waals surface area contributed by atoms with Gasteiger partial charge in [0, 0.05) is 48.9 Å². The third-order valence-corrected chi connectivity index (χ3v) is 8.91. The molecule has 45 heavy (non-hydrogen) atoms. The van der Waals surface area contributed by atoms with Crippen LogP contribution in [0.25, 0.3) is 10.1 Å². The van der Waals surface area contributed by atoms with Gasteiger partial charge < -0.3 is 34.4 Å². The number of phenolic OH excluding ortho intramolecular Hbond substituents is 1. The van der Waals surface area contributed by atoms with Crippen molar-refractivity contribution in [1.82, 2.24) is 4.90 Å². The first-order valence-corrected chi connectivity index (χ1v) is 15.0. The third kappa shape index (κ3) is 7.06. The van der Waals surface area contributed by atoms with Crippen LogP contribution in [0, 0.1) is 23.5 Å². The standard InChI is InChI=1S/C30H30ClF2NO10S/c1-13(29(38)39)7-18(35)20-10-15-9-19(25(37)24(33)28(15)45-20)43-5-4-6-44-26-22(31)16-11-34(21(36)8-14(2)30(40)41)12-17(16)23(32)27(26)42-3/h9-10,13-14,37H,4-8,11-12H2,1-3H3,(H,38,39)(H,40,41). The number of ketones is 1. The van der Waals surface area contributed by atoms with Gasteiger partial charge in [-0.15, -0.1) is 11.3 Å². The Bertz CT molecular complexity index is 1680. The number of carbonyl (C=O) groups excluding carboxylic acids is 2. The molecule has 3 N–H and O–H groups in total. The maximum atomic E-state index is 15.4. The second-order valence-corrected chi connectivity index (χ2v) is 12.1. The van der Waals surface area contributed by atoms with Crippen molar-refractivity contribution < 1.29 is 57.5 Å². The molecule has 2 heterocycles. The molecule has 0 aliphatic carbocycles. The zero-order chi connectivity index (χ0) is 33.2. The van der Waals surface area contributed by atoms with E-state index in [1.807, 2.05) is 0 Å². The number of carboxylic acid groups (broad SMARTS) is 2. The molecular formula is C30H30ClF2NO10S. The van der Waals surface area contributed by atoms with Crippen molar-refractivity contribution in [2.45, 2.75) is 46.2 Å². The Morgan fingerprint density at radius 1 is 0.956 bits per heavy atom. The van der Waals surface area contributed by atoms with Crippen molar-refractivity contribution in [3.05, 3.63) is 44.8 Å². The molecule has 0 fully saturated rings. The number of hydrogen-bond donors (Lipinski definition) is 3. The van der Waals surface area contributed by atoms with Crippen LogP contribution in [0.2, 0.25) is 5.02 Å². The molecule has 1 aliphatic rings. The zero-order valence-electron chi connectivity index (χ0n) is 24.4. The summed E-state index contributed by atoms with van der Waals surface area (Å²) in [5.41, 5.74) is 0.462. The SMILES string of the molecule is COc1c(F)c2c(c(Cl)c1OCCCOc1cc3cc(C(=O)CC(C)C(=O)O)sc3c(F)c1O)CN(C(=O)CC(C)C(=O)O)C2. The summed E-state index contributed by atoms with van der Waals surface area (Å²) in [5.74, 6) is -8.05. The lowest BCUT2D eigenvalue weighted by molar-refractivity contribution is -0.145. The van der Waals surface area contributed by atoms with Crippen LogP contribution in [0.4, 0.5) is 8.78 Å². The fraction of sp³-hybridized carbons (Fsp3) is 0.400. The van der Waals surface area contributed by atoms with Gasteiger partial charge in [0.1, 0.15) is 0 Å². The van der Waals surface area contributed by atoms with Gasteiger partial charge in [-0.3, -0.25) is 19.2 Å². The van der Waals surface area contributed by atoms with Gasteiger partial charge >= 0.3 is 11.9 Å². The topological polar surface area (TPSA) is 160 Å². The minimum absolute atomic E-state index is 0.0200. The number of aliphatic carboxylic acids is 2. The van der Waals surface area contributed by atoms with Gasteiger partial charge in [-0.1, -0.05) is 25.4 Å². The summed E-state index contributed by atoms with van der Waals surface area (Å²) in [4.78, 5) is 48.7. The summed E-state index contributed by atoms with van der Waals surface area (Å²) in [6, 6.07) is 2.77. The number of rotatable bonds is 14. The van der Waals surface area contributed by atoms with E-state index in [1.54, 1.807) is 0 Å². The molecule has 3 aromatic rings. The van der Waals surface area contributed by atoms with Crippen molar-refractivity contribution in [1.29, 1.82) is 0 Å². The van der Waals surface area contributed by atoms with E-state index in [-0.39, 0.29) is 83.0 Å². The van der Waals surface area contributed by atoms with Gasteiger partial charge in [-0.2, -0.15) is 0 Å². The minimum atomic E-state index is -1.13. The summed E-state index contributed by atoms with van der Waals surface area (Å²) in [5, 5.41) is 28.8. The molecule has 2 unspecified atom stereocenters. The molecular weight excluding hydrogens is 640 g/mol. The first-order valence-electron chi connectivity index (χ1n) is 13.8. The number of nitrogens with zero attached hydrogens (tertiary/aromatic N) is 1. The van der Waals surface area contributed by atoms with Crippen molar-refractivity contribution in [2.75, 3.05) is 20.3 Å². The first-order chi connectivity index (χ1) is 21.2. The summed E-state index contributed by atoms with van der Waals surface area (Å²) in [7, 11) is 1.23. The van der Waals surface area contributed by atoms with Gasteiger partial charge in [0.15, 0.2) is 40.4 Å². The second-order valence-electron chi connectivity index (χ2n) is 10.6. The van der Waals surface area contributed by atoms with Crippen LogP contribution >= 0.6 is 22.9 Å². The fourth-order valence-electron chi connectivity index (χ4n) is 4.71. The molecule has 2 aromatic carbocycles. The van der Waals surface area contributed by atoms with Crippen LogP contribution in [-0.4, -0.2) is 64.2 Å². The smallest absolute Gasteiger partial charge is 0.306 e. The van der Waals surface area contributed by atoms with Crippen LogP contribution in [0.3, 0.4) is 0 Å². The number of ether oxygens (including phenoxy) is 3. The molecule has 1 amide bonds. The number of Topliss-reactive ketones (excluding diaryl/α,β-unsaturated/α-hetero) is 1. The van der Waals surface area contributed by atoms with E-state index >= 15 is 4.39 Å². The van der Waals surface area contributed by atoms with E-state index in [1.165, 1.54) is 38.0 Å².